The summed E-state index contributed by atoms with van der Waals surface area (Å²) in [6, 6.07) is 2.18. The van der Waals surface area contributed by atoms with Gasteiger partial charge in [-0.3, -0.25) is 4.68 Å². The molecule has 0 amide bonds. The minimum Gasteiger partial charge on any atom is -0.389 e. The molecule has 1 aliphatic carbocycles. The monoisotopic (exact) mass is 293 g/mol. The van der Waals surface area contributed by atoms with E-state index >= 15 is 0 Å². The van der Waals surface area contributed by atoms with Crippen LogP contribution in [-0.2, 0) is 19.5 Å². The lowest BCUT2D eigenvalue weighted by Crippen LogP contribution is -2.43. The molecule has 4 nitrogen and oxygen atoms in total. The van der Waals surface area contributed by atoms with Crippen molar-refractivity contribution in [3.8, 4) is 0 Å². The Labute approximate surface area is 128 Å². The van der Waals surface area contributed by atoms with Crippen LogP contribution in [0.5, 0.6) is 0 Å². The molecule has 0 radical (unpaired) electrons. The van der Waals surface area contributed by atoms with Gasteiger partial charge in [0.2, 0.25) is 0 Å². The minimum atomic E-state index is -0.504. The van der Waals surface area contributed by atoms with Crippen molar-refractivity contribution >= 4 is 0 Å². The molecule has 1 heterocycles. The van der Waals surface area contributed by atoms with Crippen molar-refractivity contribution in [3.05, 3.63) is 17.5 Å². The standard InChI is InChI=1S/C17H31N3O/c1-4-14-7-9-17(21,10-8-14)13-18-12-16-11-15(5-2)19-20(16)6-3/h11,14,18,21H,4-10,12-13H2,1-3H3. The van der Waals surface area contributed by atoms with Crippen molar-refractivity contribution in [1.82, 2.24) is 15.1 Å². The molecular formula is C17H31N3O. The van der Waals surface area contributed by atoms with Gasteiger partial charge in [-0.05, 0) is 51.0 Å². The maximum absolute atomic E-state index is 10.7. The van der Waals surface area contributed by atoms with Crippen molar-refractivity contribution in [2.24, 2.45) is 5.92 Å². The Morgan fingerprint density at radius 1 is 1.33 bits per heavy atom. The lowest BCUT2D eigenvalue weighted by molar-refractivity contribution is -0.00891. The Bertz CT molecular complexity index is 433. The zero-order chi connectivity index (χ0) is 15.3. The highest BCUT2D eigenvalue weighted by atomic mass is 16.3. The molecule has 1 fully saturated rings. The largest absolute Gasteiger partial charge is 0.389 e. The topological polar surface area (TPSA) is 50.1 Å². The van der Waals surface area contributed by atoms with E-state index in [-0.39, 0.29) is 0 Å². The molecule has 1 saturated carbocycles. The van der Waals surface area contributed by atoms with Gasteiger partial charge >= 0.3 is 0 Å². The molecule has 0 aliphatic heterocycles. The maximum atomic E-state index is 10.7. The second kappa shape index (κ2) is 7.41. The van der Waals surface area contributed by atoms with Crippen molar-refractivity contribution in [1.29, 1.82) is 0 Å². The van der Waals surface area contributed by atoms with E-state index in [1.807, 2.05) is 0 Å². The smallest absolute Gasteiger partial charge is 0.0771 e. The van der Waals surface area contributed by atoms with Crippen LogP contribution in [0.25, 0.3) is 0 Å². The van der Waals surface area contributed by atoms with E-state index in [4.69, 9.17) is 0 Å². The summed E-state index contributed by atoms with van der Waals surface area (Å²) in [6.07, 6.45) is 6.43. The van der Waals surface area contributed by atoms with Gasteiger partial charge in [-0.1, -0.05) is 20.3 Å². The fourth-order valence-electron chi connectivity index (χ4n) is 3.33. The molecule has 0 atom stereocenters. The molecule has 4 heteroatoms. The minimum absolute atomic E-state index is 0.504. The Kier molecular flexibility index (Phi) is 5.82. The van der Waals surface area contributed by atoms with Crippen molar-refractivity contribution in [3.63, 3.8) is 0 Å². The Hall–Kier alpha value is -0.870. The van der Waals surface area contributed by atoms with Crippen molar-refractivity contribution in [2.75, 3.05) is 6.54 Å². The Morgan fingerprint density at radius 3 is 2.62 bits per heavy atom. The third-order valence-corrected chi connectivity index (χ3v) is 4.95. The predicted octanol–water partition coefficient (Wildman–Crippen LogP) is 2.89. The molecule has 2 rings (SSSR count). The van der Waals surface area contributed by atoms with E-state index < -0.39 is 5.60 Å². The first-order valence-corrected chi connectivity index (χ1v) is 8.59. The van der Waals surface area contributed by atoms with Crippen LogP contribution in [-0.4, -0.2) is 27.0 Å². The molecule has 2 N–H and O–H groups in total. The number of hydrogen-bond acceptors (Lipinski definition) is 3. The lowest BCUT2D eigenvalue weighted by atomic mass is 9.78. The van der Waals surface area contributed by atoms with E-state index in [9.17, 15) is 5.11 Å². The van der Waals surface area contributed by atoms with Crippen molar-refractivity contribution in [2.45, 2.75) is 78.0 Å². The molecule has 0 aromatic carbocycles. The van der Waals surface area contributed by atoms with Gasteiger partial charge in [-0.15, -0.1) is 0 Å². The molecule has 1 aromatic rings. The Balaban J connectivity index is 1.82. The third kappa shape index (κ3) is 4.30. The van der Waals surface area contributed by atoms with Crippen LogP contribution in [0.4, 0.5) is 0 Å². The first kappa shape index (κ1) is 16.5. The van der Waals surface area contributed by atoms with E-state index in [2.05, 4.69) is 41.9 Å². The molecule has 0 spiro atoms. The van der Waals surface area contributed by atoms with Gasteiger partial charge in [0, 0.05) is 19.6 Å². The highest BCUT2D eigenvalue weighted by Crippen LogP contribution is 2.33. The number of nitrogens with one attached hydrogen (secondary N) is 1. The lowest BCUT2D eigenvalue weighted by Gasteiger charge is -2.36. The van der Waals surface area contributed by atoms with Crippen LogP contribution >= 0.6 is 0 Å². The summed E-state index contributed by atoms with van der Waals surface area (Å²) in [5.74, 6) is 0.818. The van der Waals surface area contributed by atoms with Crippen molar-refractivity contribution < 1.29 is 5.11 Å². The van der Waals surface area contributed by atoms with Gasteiger partial charge in [0.15, 0.2) is 0 Å². The molecule has 21 heavy (non-hydrogen) atoms. The van der Waals surface area contributed by atoms with Crippen LogP contribution in [0.3, 0.4) is 0 Å². The third-order valence-electron chi connectivity index (χ3n) is 4.95. The molecule has 0 bridgehead atoms. The van der Waals surface area contributed by atoms with Crippen LogP contribution in [0.15, 0.2) is 6.07 Å². The molecule has 1 aliphatic rings. The van der Waals surface area contributed by atoms with Gasteiger partial charge in [0.25, 0.3) is 0 Å². The summed E-state index contributed by atoms with van der Waals surface area (Å²) in [7, 11) is 0. The average Bonchev–Trinajstić information content (AvgIpc) is 2.90. The number of aryl methyl sites for hydroxylation is 2. The van der Waals surface area contributed by atoms with Crippen LogP contribution < -0.4 is 5.32 Å². The summed E-state index contributed by atoms with van der Waals surface area (Å²) >= 11 is 0. The zero-order valence-corrected chi connectivity index (χ0v) is 13.9. The molecule has 0 unspecified atom stereocenters. The Morgan fingerprint density at radius 2 is 2.05 bits per heavy atom. The number of rotatable bonds is 7. The summed E-state index contributed by atoms with van der Waals surface area (Å²) < 4.78 is 2.06. The SMILES string of the molecule is CCc1cc(CNCC2(O)CCC(CC)CC2)n(CC)n1. The quantitative estimate of drug-likeness (QED) is 0.813. The highest BCUT2D eigenvalue weighted by Gasteiger charge is 2.32. The molecule has 0 saturated heterocycles. The fourth-order valence-corrected chi connectivity index (χ4v) is 3.33. The van der Waals surface area contributed by atoms with Gasteiger partial charge in [-0.2, -0.15) is 5.10 Å². The van der Waals surface area contributed by atoms with Crippen LogP contribution in [0, 0.1) is 5.92 Å². The predicted molar refractivity (Wildman–Crippen MR) is 86.2 cm³/mol. The number of aliphatic hydroxyl groups is 1. The molecule has 1 aromatic heterocycles. The van der Waals surface area contributed by atoms with Gasteiger partial charge in [0.1, 0.15) is 0 Å². The van der Waals surface area contributed by atoms with Gasteiger partial charge in [-0.25, -0.2) is 0 Å². The van der Waals surface area contributed by atoms with E-state index in [0.29, 0.717) is 6.54 Å². The summed E-state index contributed by atoms with van der Waals surface area (Å²) in [5, 5.41) is 18.7. The number of hydrogen-bond donors (Lipinski definition) is 2. The van der Waals surface area contributed by atoms with Gasteiger partial charge < -0.3 is 10.4 Å². The van der Waals surface area contributed by atoms with E-state index in [1.165, 1.54) is 25.0 Å². The molecular weight excluding hydrogens is 262 g/mol. The first-order valence-electron chi connectivity index (χ1n) is 8.59. The second-order valence-electron chi connectivity index (χ2n) is 6.48. The summed E-state index contributed by atoms with van der Waals surface area (Å²) in [4.78, 5) is 0. The zero-order valence-electron chi connectivity index (χ0n) is 13.9. The van der Waals surface area contributed by atoms with E-state index in [1.54, 1.807) is 0 Å². The summed E-state index contributed by atoms with van der Waals surface area (Å²) in [5.41, 5.74) is 1.87. The number of aromatic nitrogens is 2. The van der Waals surface area contributed by atoms with Crippen LogP contribution in [0.2, 0.25) is 0 Å². The molecule has 120 valence electrons. The van der Waals surface area contributed by atoms with Gasteiger partial charge in [0.05, 0.1) is 17.0 Å². The highest BCUT2D eigenvalue weighted by molar-refractivity contribution is 5.10. The second-order valence-corrected chi connectivity index (χ2v) is 6.48. The van der Waals surface area contributed by atoms with E-state index in [0.717, 1.165) is 44.0 Å². The average molecular weight is 293 g/mol. The first-order chi connectivity index (χ1) is 10.1. The number of nitrogens with zero attached hydrogens (tertiary/aromatic N) is 2. The maximum Gasteiger partial charge on any atom is 0.0771 e. The normalized spacial score (nSPS) is 26.2. The van der Waals surface area contributed by atoms with Crippen LogP contribution in [0.1, 0.15) is 64.3 Å². The summed E-state index contributed by atoms with van der Waals surface area (Å²) in [6.45, 7) is 8.90. The fraction of sp³-hybridized carbons (Fsp3) is 0.824.